The Morgan fingerprint density at radius 2 is 1.86 bits per heavy atom. The number of nitrogens with zero attached hydrogens (tertiary/aromatic N) is 1. The van der Waals surface area contributed by atoms with Gasteiger partial charge >= 0.3 is 12.0 Å². The summed E-state index contributed by atoms with van der Waals surface area (Å²) in [6.07, 6.45) is 9.80. The number of likely N-dealkylation sites (tertiary alicyclic amines) is 1. The highest BCUT2D eigenvalue weighted by Crippen LogP contribution is 2.46. The molecule has 0 aromatic heterocycles. The Bertz CT molecular complexity index is 373. The Labute approximate surface area is 130 Å². The number of carbonyl (C=O) groups is 2. The molecule has 1 spiro atoms. The Morgan fingerprint density at radius 3 is 2.38 bits per heavy atom. The summed E-state index contributed by atoms with van der Waals surface area (Å²) in [7, 11) is 0. The van der Waals surface area contributed by atoms with Gasteiger partial charge in [-0.2, -0.15) is 11.8 Å². The average molecular weight is 314 g/mol. The van der Waals surface area contributed by atoms with Gasteiger partial charge in [-0.1, -0.05) is 12.8 Å². The smallest absolute Gasteiger partial charge is 0.326 e. The molecule has 1 atom stereocenters. The summed E-state index contributed by atoms with van der Waals surface area (Å²) in [5.41, 5.74) is 0.474. The van der Waals surface area contributed by atoms with Crippen molar-refractivity contribution in [3.05, 3.63) is 0 Å². The highest BCUT2D eigenvalue weighted by Gasteiger charge is 2.38. The van der Waals surface area contributed by atoms with Crippen LogP contribution in [0.15, 0.2) is 0 Å². The van der Waals surface area contributed by atoms with Crippen molar-refractivity contribution in [3.63, 3.8) is 0 Å². The van der Waals surface area contributed by atoms with Gasteiger partial charge in [-0.3, -0.25) is 0 Å². The normalized spacial score (nSPS) is 22.2. The lowest BCUT2D eigenvalue weighted by Crippen LogP contribution is -2.51. The van der Waals surface area contributed by atoms with Crippen molar-refractivity contribution in [2.75, 3.05) is 25.1 Å². The molecule has 2 N–H and O–H groups in total. The molecule has 1 aliphatic heterocycles. The van der Waals surface area contributed by atoms with Gasteiger partial charge in [0.05, 0.1) is 0 Å². The number of carbonyl (C=O) groups excluding carboxylic acids is 1. The van der Waals surface area contributed by atoms with E-state index in [4.69, 9.17) is 0 Å². The van der Waals surface area contributed by atoms with Crippen LogP contribution in [0.2, 0.25) is 0 Å². The van der Waals surface area contributed by atoms with Crippen molar-refractivity contribution in [2.45, 2.75) is 51.0 Å². The second-order valence-corrected chi connectivity index (χ2v) is 7.30. The molecule has 2 rings (SSSR count). The topological polar surface area (TPSA) is 69.6 Å². The number of thioether (sulfide) groups is 1. The number of amides is 2. The van der Waals surface area contributed by atoms with Crippen molar-refractivity contribution in [3.8, 4) is 0 Å². The summed E-state index contributed by atoms with van der Waals surface area (Å²) in [6.45, 7) is 1.53. The molecule has 21 heavy (non-hydrogen) atoms. The van der Waals surface area contributed by atoms with Gasteiger partial charge in [-0.15, -0.1) is 0 Å². The van der Waals surface area contributed by atoms with Crippen LogP contribution < -0.4 is 5.32 Å². The SMILES string of the molecule is CSCCC(NC(=O)N1CCC2(CCCC2)CC1)C(=O)O. The fourth-order valence-corrected chi connectivity index (χ4v) is 4.01. The number of hydrogen-bond acceptors (Lipinski definition) is 3. The zero-order chi connectivity index (χ0) is 15.3. The third-order valence-corrected chi connectivity index (χ3v) is 5.63. The number of carboxylic acid groups (broad SMARTS) is 1. The lowest BCUT2D eigenvalue weighted by Gasteiger charge is -2.39. The third kappa shape index (κ3) is 4.28. The third-order valence-electron chi connectivity index (χ3n) is 4.98. The molecule has 2 aliphatic rings. The first-order chi connectivity index (χ1) is 10.1. The first-order valence-corrected chi connectivity index (χ1v) is 9.23. The number of carboxylic acids is 1. The number of hydrogen-bond donors (Lipinski definition) is 2. The fourth-order valence-electron chi connectivity index (χ4n) is 3.54. The maximum absolute atomic E-state index is 12.2. The van der Waals surface area contributed by atoms with E-state index in [0.29, 0.717) is 11.8 Å². The van der Waals surface area contributed by atoms with E-state index in [1.807, 2.05) is 6.26 Å². The zero-order valence-corrected chi connectivity index (χ0v) is 13.6. The molecule has 2 fully saturated rings. The molecule has 1 heterocycles. The highest BCUT2D eigenvalue weighted by molar-refractivity contribution is 7.98. The number of urea groups is 1. The Morgan fingerprint density at radius 1 is 1.24 bits per heavy atom. The number of rotatable bonds is 5. The number of aliphatic carboxylic acids is 1. The Kier molecular flexibility index (Phi) is 5.79. The molecule has 5 nitrogen and oxygen atoms in total. The van der Waals surface area contributed by atoms with E-state index in [9.17, 15) is 14.7 Å². The van der Waals surface area contributed by atoms with Crippen LogP contribution in [0.25, 0.3) is 0 Å². The Hall–Kier alpha value is -0.910. The summed E-state index contributed by atoms with van der Waals surface area (Å²) < 4.78 is 0. The second kappa shape index (κ2) is 7.38. The van der Waals surface area contributed by atoms with E-state index in [1.54, 1.807) is 16.7 Å². The average Bonchev–Trinajstić information content (AvgIpc) is 2.92. The Balaban J connectivity index is 1.81. The van der Waals surface area contributed by atoms with Gasteiger partial charge < -0.3 is 15.3 Å². The molecular formula is C15H26N2O3S. The lowest BCUT2D eigenvalue weighted by molar-refractivity contribution is -0.139. The predicted octanol–water partition coefficient (Wildman–Crippen LogP) is 2.56. The molecule has 0 aromatic carbocycles. The standard InChI is InChI=1S/C15H26N2O3S/c1-21-11-4-12(13(18)19)16-14(20)17-9-7-15(8-10-17)5-2-3-6-15/h12H,2-11H2,1H3,(H,16,20)(H,18,19). The van der Waals surface area contributed by atoms with Crippen molar-refractivity contribution >= 4 is 23.8 Å². The molecule has 0 aromatic rings. The van der Waals surface area contributed by atoms with Crippen LogP contribution in [0.1, 0.15) is 44.9 Å². The molecule has 0 radical (unpaired) electrons. The van der Waals surface area contributed by atoms with Crippen LogP contribution in [0.5, 0.6) is 0 Å². The van der Waals surface area contributed by atoms with Gasteiger partial charge in [-0.05, 0) is 49.5 Å². The van der Waals surface area contributed by atoms with Crippen LogP contribution >= 0.6 is 11.8 Å². The molecule has 0 bridgehead atoms. The minimum atomic E-state index is -0.943. The second-order valence-electron chi connectivity index (χ2n) is 6.32. The molecule has 6 heteroatoms. The first-order valence-electron chi connectivity index (χ1n) is 7.83. The monoisotopic (exact) mass is 314 g/mol. The fraction of sp³-hybridized carbons (Fsp3) is 0.867. The van der Waals surface area contributed by atoms with Gasteiger partial charge in [0.1, 0.15) is 6.04 Å². The minimum Gasteiger partial charge on any atom is -0.480 e. The van der Waals surface area contributed by atoms with Gasteiger partial charge in [0.25, 0.3) is 0 Å². The van der Waals surface area contributed by atoms with Crippen LogP contribution in [0, 0.1) is 5.41 Å². The van der Waals surface area contributed by atoms with Gasteiger partial charge in [0.2, 0.25) is 0 Å². The van der Waals surface area contributed by atoms with Crippen molar-refractivity contribution in [1.82, 2.24) is 10.2 Å². The predicted molar refractivity (Wildman–Crippen MR) is 84.7 cm³/mol. The summed E-state index contributed by atoms with van der Waals surface area (Å²) in [5.74, 6) is -0.206. The molecule has 1 aliphatic carbocycles. The van der Waals surface area contributed by atoms with E-state index in [-0.39, 0.29) is 6.03 Å². The molecule has 1 unspecified atom stereocenters. The first kappa shape index (κ1) is 16.5. The summed E-state index contributed by atoms with van der Waals surface area (Å²) in [4.78, 5) is 25.2. The zero-order valence-electron chi connectivity index (χ0n) is 12.8. The summed E-state index contributed by atoms with van der Waals surface area (Å²) in [6, 6.07) is -0.983. The molecule has 1 saturated heterocycles. The molecular weight excluding hydrogens is 288 g/mol. The van der Waals surface area contributed by atoms with Gasteiger partial charge in [-0.25, -0.2) is 9.59 Å². The van der Waals surface area contributed by atoms with E-state index in [0.717, 1.165) is 31.7 Å². The van der Waals surface area contributed by atoms with Crippen LogP contribution in [0.3, 0.4) is 0 Å². The summed E-state index contributed by atoms with van der Waals surface area (Å²) >= 11 is 1.59. The van der Waals surface area contributed by atoms with Crippen molar-refractivity contribution in [2.24, 2.45) is 5.41 Å². The largest absolute Gasteiger partial charge is 0.480 e. The van der Waals surface area contributed by atoms with Crippen molar-refractivity contribution in [1.29, 1.82) is 0 Å². The molecule has 1 saturated carbocycles. The number of nitrogens with one attached hydrogen (secondary N) is 1. The van der Waals surface area contributed by atoms with E-state index in [2.05, 4.69) is 5.32 Å². The lowest BCUT2D eigenvalue weighted by atomic mass is 9.77. The van der Waals surface area contributed by atoms with Gasteiger partial charge in [0, 0.05) is 13.1 Å². The van der Waals surface area contributed by atoms with Crippen LogP contribution in [-0.4, -0.2) is 53.1 Å². The quantitative estimate of drug-likeness (QED) is 0.818. The maximum atomic E-state index is 12.2. The minimum absolute atomic E-state index is 0.212. The van der Waals surface area contributed by atoms with Crippen molar-refractivity contribution < 1.29 is 14.7 Å². The van der Waals surface area contributed by atoms with E-state index >= 15 is 0 Å². The molecule has 2 amide bonds. The molecule has 120 valence electrons. The van der Waals surface area contributed by atoms with Crippen LogP contribution in [-0.2, 0) is 4.79 Å². The number of piperidine rings is 1. The van der Waals surface area contributed by atoms with E-state index < -0.39 is 12.0 Å². The van der Waals surface area contributed by atoms with Crippen LogP contribution in [0.4, 0.5) is 4.79 Å². The van der Waals surface area contributed by atoms with Gasteiger partial charge in [0.15, 0.2) is 0 Å². The highest BCUT2D eigenvalue weighted by atomic mass is 32.2. The maximum Gasteiger partial charge on any atom is 0.326 e. The van der Waals surface area contributed by atoms with E-state index in [1.165, 1.54) is 25.7 Å². The summed E-state index contributed by atoms with van der Waals surface area (Å²) in [5, 5.41) is 11.8.